The molecule has 3 rings (SSSR count). The number of benzene rings is 2. The van der Waals surface area contributed by atoms with Crippen molar-refractivity contribution < 1.29 is 9.84 Å². The van der Waals surface area contributed by atoms with Crippen LogP contribution in [-0.4, -0.2) is 29.2 Å². The van der Waals surface area contributed by atoms with Crippen LogP contribution in [0.25, 0.3) is 11.6 Å². The molecular formula is C24H26ClNO2. The summed E-state index contributed by atoms with van der Waals surface area (Å²) in [6.45, 7) is 0.896. The highest BCUT2D eigenvalue weighted by atomic mass is 35.5. The van der Waals surface area contributed by atoms with E-state index in [0.717, 1.165) is 16.7 Å². The number of ether oxygens (including phenoxy) is 1. The molecule has 0 saturated carbocycles. The number of halogens is 1. The van der Waals surface area contributed by atoms with Crippen LogP contribution in [0.4, 0.5) is 0 Å². The zero-order chi connectivity index (χ0) is 19.8. The fourth-order valence-corrected chi connectivity index (χ4v) is 3.76. The Kier molecular flexibility index (Phi) is 7.10. The van der Waals surface area contributed by atoms with Gasteiger partial charge in [0.2, 0.25) is 0 Å². The summed E-state index contributed by atoms with van der Waals surface area (Å²) in [5.74, 6) is 0.247. The van der Waals surface area contributed by atoms with E-state index < -0.39 is 5.60 Å². The molecule has 2 atom stereocenters. The summed E-state index contributed by atoms with van der Waals surface area (Å²) in [4.78, 5) is 0. The molecule has 0 amide bonds. The minimum atomic E-state index is -0.595. The Morgan fingerprint density at radius 2 is 1.89 bits per heavy atom. The second-order valence-corrected chi connectivity index (χ2v) is 7.38. The molecule has 0 heterocycles. The summed E-state index contributed by atoms with van der Waals surface area (Å²) in [6.07, 6.45) is 11.4. The highest BCUT2D eigenvalue weighted by molar-refractivity contribution is 6.22. The third-order valence-electron chi connectivity index (χ3n) is 4.89. The molecule has 4 heteroatoms. The molecule has 28 heavy (non-hydrogen) atoms. The maximum absolute atomic E-state index is 10.2. The van der Waals surface area contributed by atoms with Crippen molar-refractivity contribution in [3.63, 3.8) is 0 Å². The van der Waals surface area contributed by atoms with Gasteiger partial charge in [-0.25, -0.2) is 0 Å². The van der Waals surface area contributed by atoms with Gasteiger partial charge in [-0.15, -0.1) is 11.6 Å². The van der Waals surface area contributed by atoms with Crippen LogP contribution in [0.1, 0.15) is 24.0 Å². The molecule has 3 N–H and O–H groups in total. The normalized spacial score (nSPS) is 20.3. The number of nitrogens with two attached hydrogens (primary N) is 1. The lowest BCUT2D eigenvalue weighted by Gasteiger charge is -2.36. The highest BCUT2D eigenvalue weighted by Crippen LogP contribution is 2.37. The Bertz CT molecular complexity index is 860. The number of phenols is 1. The monoisotopic (exact) mass is 395 g/mol. The lowest BCUT2D eigenvalue weighted by Crippen LogP contribution is -2.42. The summed E-state index contributed by atoms with van der Waals surface area (Å²) < 4.78 is 6.12. The second kappa shape index (κ2) is 9.74. The molecule has 2 aromatic rings. The van der Waals surface area contributed by atoms with Crippen LogP contribution in [0.15, 0.2) is 78.9 Å². The van der Waals surface area contributed by atoms with E-state index in [0.29, 0.717) is 26.0 Å². The second-order valence-electron chi connectivity index (χ2n) is 6.85. The number of allylic oxidation sites excluding steroid dienone is 3. The van der Waals surface area contributed by atoms with Gasteiger partial charge in [0, 0.05) is 12.1 Å². The molecule has 146 valence electrons. The quantitative estimate of drug-likeness (QED) is 0.479. The summed E-state index contributed by atoms with van der Waals surface area (Å²) in [5.41, 5.74) is 7.95. The summed E-state index contributed by atoms with van der Waals surface area (Å²) in [5, 5.41) is 9.93. The molecule has 0 radical (unpaired) electrons. The van der Waals surface area contributed by atoms with Crippen molar-refractivity contribution in [1.29, 1.82) is 0 Å². The van der Waals surface area contributed by atoms with Crippen molar-refractivity contribution in [2.24, 2.45) is 5.73 Å². The van der Waals surface area contributed by atoms with Gasteiger partial charge in [-0.1, -0.05) is 72.8 Å². The lowest BCUT2D eigenvalue weighted by atomic mass is 9.86. The first kappa shape index (κ1) is 20.4. The molecule has 0 aliphatic heterocycles. The van der Waals surface area contributed by atoms with Gasteiger partial charge in [0.25, 0.3) is 0 Å². The van der Waals surface area contributed by atoms with E-state index in [1.165, 1.54) is 0 Å². The highest BCUT2D eigenvalue weighted by Gasteiger charge is 2.36. The zero-order valence-electron chi connectivity index (χ0n) is 15.8. The topological polar surface area (TPSA) is 55.5 Å². The van der Waals surface area contributed by atoms with E-state index in [-0.39, 0.29) is 11.1 Å². The smallest absolute Gasteiger partial charge is 0.122 e. The maximum Gasteiger partial charge on any atom is 0.122 e. The Hall–Kier alpha value is -2.33. The van der Waals surface area contributed by atoms with Gasteiger partial charge in [0.15, 0.2) is 0 Å². The fourth-order valence-electron chi connectivity index (χ4n) is 3.37. The van der Waals surface area contributed by atoms with Crippen molar-refractivity contribution in [2.75, 3.05) is 13.2 Å². The zero-order valence-corrected chi connectivity index (χ0v) is 16.6. The molecule has 0 fully saturated rings. The number of alkyl halides is 1. The van der Waals surface area contributed by atoms with Gasteiger partial charge in [-0.3, -0.25) is 0 Å². The van der Waals surface area contributed by atoms with Crippen LogP contribution in [-0.2, 0) is 4.74 Å². The molecule has 0 bridgehead atoms. The van der Waals surface area contributed by atoms with Crippen molar-refractivity contribution in [1.82, 2.24) is 0 Å². The summed E-state index contributed by atoms with van der Waals surface area (Å²) in [6, 6.07) is 17.4. The number of phenolic OH excluding ortho intramolecular Hbond substituents is 1. The third-order valence-corrected chi connectivity index (χ3v) is 5.42. The van der Waals surface area contributed by atoms with E-state index in [1.54, 1.807) is 6.07 Å². The van der Waals surface area contributed by atoms with Gasteiger partial charge < -0.3 is 15.6 Å². The van der Waals surface area contributed by atoms with E-state index in [9.17, 15) is 5.11 Å². The van der Waals surface area contributed by atoms with Crippen molar-refractivity contribution in [2.45, 2.75) is 23.8 Å². The Morgan fingerprint density at radius 3 is 2.57 bits per heavy atom. The van der Waals surface area contributed by atoms with Gasteiger partial charge in [0.1, 0.15) is 11.4 Å². The molecule has 2 aromatic carbocycles. The molecule has 0 saturated heterocycles. The van der Waals surface area contributed by atoms with E-state index in [2.05, 4.69) is 18.2 Å². The molecule has 3 nitrogen and oxygen atoms in total. The van der Waals surface area contributed by atoms with Crippen molar-refractivity contribution in [3.05, 3.63) is 90.0 Å². The molecule has 1 aliphatic carbocycles. The Morgan fingerprint density at radius 1 is 1.14 bits per heavy atom. The average Bonchev–Trinajstić information content (AvgIpc) is 2.74. The largest absolute Gasteiger partial charge is 0.507 e. The number of hydrogen-bond acceptors (Lipinski definition) is 3. The standard InChI is InChI=1S/C24H26ClNO2/c25-23(24(28-16-15-26)13-7-2-8-14-24)18-21(19-9-3-1-4-10-19)17-20-11-5-6-12-22(20)27/h1-13,17,23,27H,14-16,18,26H2. The van der Waals surface area contributed by atoms with Gasteiger partial charge >= 0.3 is 0 Å². The van der Waals surface area contributed by atoms with Crippen molar-refractivity contribution >= 4 is 23.3 Å². The fraction of sp³-hybridized carbons (Fsp3) is 0.250. The number of rotatable bonds is 8. The third kappa shape index (κ3) is 4.93. The average molecular weight is 396 g/mol. The maximum atomic E-state index is 10.2. The summed E-state index contributed by atoms with van der Waals surface area (Å²) in [7, 11) is 0. The van der Waals surface area contributed by atoms with Gasteiger partial charge in [-0.2, -0.15) is 0 Å². The molecule has 0 spiro atoms. The molecule has 2 unspecified atom stereocenters. The number of para-hydroxylation sites is 1. The number of hydrogen-bond donors (Lipinski definition) is 2. The van der Waals surface area contributed by atoms with Crippen LogP contribution >= 0.6 is 11.6 Å². The first-order valence-corrected chi connectivity index (χ1v) is 9.95. The first-order valence-electron chi connectivity index (χ1n) is 9.51. The van der Waals surface area contributed by atoms with Crippen LogP contribution in [0.3, 0.4) is 0 Å². The van der Waals surface area contributed by atoms with E-state index in [4.69, 9.17) is 22.1 Å². The minimum Gasteiger partial charge on any atom is -0.507 e. The van der Waals surface area contributed by atoms with Gasteiger partial charge in [-0.05, 0) is 36.1 Å². The van der Waals surface area contributed by atoms with Crippen LogP contribution in [0.5, 0.6) is 5.75 Å². The lowest BCUT2D eigenvalue weighted by molar-refractivity contribution is -0.00477. The molecule has 0 aromatic heterocycles. The van der Waals surface area contributed by atoms with Crippen LogP contribution in [0.2, 0.25) is 0 Å². The van der Waals surface area contributed by atoms with Crippen LogP contribution < -0.4 is 5.73 Å². The SMILES string of the molecule is NCCOC1(C(Cl)CC(=Cc2ccccc2O)c2ccccc2)C=CC=CC1. The first-order chi connectivity index (χ1) is 13.6. The predicted octanol–water partition coefficient (Wildman–Crippen LogP) is 5.16. The Balaban J connectivity index is 1.94. The minimum absolute atomic E-state index is 0.247. The van der Waals surface area contributed by atoms with Gasteiger partial charge in [0.05, 0.1) is 12.0 Å². The van der Waals surface area contributed by atoms with Crippen molar-refractivity contribution in [3.8, 4) is 5.75 Å². The molecular weight excluding hydrogens is 370 g/mol. The predicted molar refractivity (Wildman–Crippen MR) is 117 cm³/mol. The Labute approximate surface area is 171 Å². The van der Waals surface area contributed by atoms with Crippen LogP contribution in [0, 0.1) is 0 Å². The molecule has 1 aliphatic rings. The number of aromatic hydroxyl groups is 1. The van der Waals surface area contributed by atoms with E-state index >= 15 is 0 Å². The van der Waals surface area contributed by atoms with E-state index in [1.807, 2.05) is 60.7 Å². The summed E-state index contributed by atoms with van der Waals surface area (Å²) >= 11 is 6.95.